The van der Waals surface area contributed by atoms with Gasteiger partial charge in [0.25, 0.3) is 5.92 Å². The molecule has 0 aliphatic rings. The summed E-state index contributed by atoms with van der Waals surface area (Å²) in [4.78, 5) is 11.9. The molecule has 0 saturated heterocycles. The Morgan fingerprint density at radius 3 is 2.59 bits per heavy atom. The summed E-state index contributed by atoms with van der Waals surface area (Å²) < 4.78 is 72.9. The summed E-state index contributed by atoms with van der Waals surface area (Å²) in [5.41, 5.74) is -2.36. The van der Waals surface area contributed by atoms with Crippen LogP contribution in [0, 0.1) is 0 Å². The molecule has 0 saturated carbocycles. The topological polar surface area (TPSA) is 60.1 Å². The van der Waals surface area contributed by atoms with Crippen LogP contribution in [-0.4, -0.2) is 15.7 Å². The number of carbonyl (C=O) groups is 1. The zero-order valence-electron chi connectivity index (χ0n) is 14.9. The molecule has 5 nitrogen and oxygen atoms in total. The lowest BCUT2D eigenvalue weighted by Gasteiger charge is -2.17. The van der Waals surface area contributed by atoms with Gasteiger partial charge >= 0.3 is 6.18 Å². The first-order valence-corrected chi connectivity index (χ1v) is 8.21. The number of rotatable bonds is 5. The van der Waals surface area contributed by atoms with E-state index < -0.39 is 34.8 Å². The molecule has 1 N–H and O–H groups in total. The van der Waals surface area contributed by atoms with E-state index in [2.05, 4.69) is 10.4 Å². The predicted molar refractivity (Wildman–Crippen MR) is 94.5 cm³/mol. The van der Waals surface area contributed by atoms with Crippen molar-refractivity contribution in [2.24, 2.45) is 0 Å². The van der Waals surface area contributed by atoms with Crippen molar-refractivity contribution in [1.29, 1.82) is 0 Å². The Kier molecular flexibility index (Phi) is 5.27. The molecule has 1 amide bonds. The number of nitrogens with zero attached hydrogens (tertiary/aromatic N) is 2. The summed E-state index contributed by atoms with van der Waals surface area (Å²) >= 11 is 0. The van der Waals surface area contributed by atoms with Crippen molar-refractivity contribution in [1.82, 2.24) is 9.78 Å². The summed E-state index contributed by atoms with van der Waals surface area (Å²) in [6, 6.07) is 5.46. The molecule has 1 aromatic carbocycles. The van der Waals surface area contributed by atoms with Crippen molar-refractivity contribution in [2.45, 2.75) is 19.0 Å². The summed E-state index contributed by atoms with van der Waals surface area (Å²) in [5, 5.41) is 6.22. The second kappa shape index (κ2) is 7.53. The number of nitrogens with one attached hydrogen (secondary N) is 1. The Morgan fingerprint density at radius 1 is 1.21 bits per heavy atom. The maximum absolute atomic E-state index is 13.4. The highest BCUT2D eigenvalue weighted by Crippen LogP contribution is 2.38. The molecule has 0 spiro atoms. The molecule has 0 radical (unpaired) electrons. The van der Waals surface area contributed by atoms with Gasteiger partial charge in [-0.05, 0) is 30.3 Å². The molecule has 3 rings (SSSR count). The highest BCUT2D eigenvalue weighted by Gasteiger charge is 2.37. The highest BCUT2D eigenvalue weighted by atomic mass is 19.4. The lowest BCUT2D eigenvalue weighted by Crippen LogP contribution is -2.15. The van der Waals surface area contributed by atoms with E-state index in [9.17, 15) is 26.7 Å². The lowest BCUT2D eigenvalue weighted by molar-refractivity contribution is -0.137. The lowest BCUT2D eigenvalue weighted by atomic mass is 10.0. The van der Waals surface area contributed by atoms with Crippen LogP contribution >= 0.6 is 0 Å². The Morgan fingerprint density at radius 2 is 1.97 bits per heavy atom. The fraction of sp³-hybridized carbons (Fsp3) is 0.158. The van der Waals surface area contributed by atoms with Crippen LogP contribution in [0.2, 0.25) is 0 Å². The Balaban J connectivity index is 1.85. The minimum absolute atomic E-state index is 0.122. The van der Waals surface area contributed by atoms with E-state index in [-0.39, 0.29) is 5.69 Å². The van der Waals surface area contributed by atoms with Crippen molar-refractivity contribution in [3.8, 4) is 5.69 Å². The monoisotopic (exact) mass is 411 g/mol. The second-order valence-corrected chi connectivity index (χ2v) is 6.13. The van der Waals surface area contributed by atoms with E-state index in [1.165, 1.54) is 18.4 Å². The van der Waals surface area contributed by atoms with E-state index in [1.54, 1.807) is 12.1 Å². The summed E-state index contributed by atoms with van der Waals surface area (Å²) in [7, 11) is 0. The van der Waals surface area contributed by atoms with Crippen molar-refractivity contribution in [3.63, 3.8) is 0 Å². The number of amides is 1. The molecule has 0 unspecified atom stereocenters. The Bertz CT molecular complexity index is 1030. The molecule has 0 aliphatic carbocycles. The first-order valence-electron chi connectivity index (χ1n) is 8.21. The third-order valence-corrected chi connectivity index (χ3v) is 3.85. The molecule has 0 fully saturated rings. The smallest absolute Gasteiger partial charge is 0.418 e. The number of hydrogen-bond acceptors (Lipinski definition) is 3. The van der Waals surface area contributed by atoms with E-state index in [1.807, 2.05) is 0 Å². The normalized spacial score (nSPS) is 12.5. The predicted octanol–water partition coefficient (Wildman–Crippen LogP) is 5.25. The summed E-state index contributed by atoms with van der Waals surface area (Å²) in [6.07, 6.45) is 1.42. The third-order valence-electron chi connectivity index (χ3n) is 3.85. The van der Waals surface area contributed by atoms with Crippen molar-refractivity contribution in [3.05, 3.63) is 72.0 Å². The van der Waals surface area contributed by atoms with Crippen LogP contribution < -0.4 is 5.32 Å². The van der Waals surface area contributed by atoms with E-state index in [4.69, 9.17) is 4.42 Å². The van der Waals surface area contributed by atoms with Gasteiger partial charge in [-0.1, -0.05) is 6.07 Å². The minimum Gasteiger partial charge on any atom is -0.465 e. The molecule has 0 aliphatic heterocycles. The van der Waals surface area contributed by atoms with Crippen LogP contribution in [0.15, 0.2) is 59.5 Å². The van der Waals surface area contributed by atoms with Crippen molar-refractivity contribution >= 4 is 17.7 Å². The van der Waals surface area contributed by atoms with Gasteiger partial charge in [0.2, 0.25) is 5.91 Å². The number of aromatic nitrogens is 2. The molecular weight excluding hydrogens is 397 g/mol. The Labute approximate surface area is 161 Å². The van der Waals surface area contributed by atoms with Gasteiger partial charge in [0.05, 0.1) is 35.6 Å². The number of furan rings is 1. The number of alkyl halides is 5. The number of anilines is 1. The maximum Gasteiger partial charge on any atom is 0.418 e. The van der Waals surface area contributed by atoms with Gasteiger partial charge in [0, 0.05) is 18.6 Å². The third kappa shape index (κ3) is 4.89. The molecule has 29 heavy (non-hydrogen) atoms. The molecule has 2 aromatic heterocycles. The fourth-order valence-corrected chi connectivity index (χ4v) is 2.48. The van der Waals surface area contributed by atoms with E-state index in [0.717, 1.165) is 29.2 Å². The van der Waals surface area contributed by atoms with Crippen LogP contribution in [0.5, 0.6) is 0 Å². The van der Waals surface area contributed by atoms with Crippen LogP contribution in [0.1, 0.15) is 23.8 Å². The average Bonchev–Trinajstić information content (AvgIpc) is 3.30. The van der Waals surface area contributed by atoms with E-state index in [0.29, 0.717) is 18.8 Å². The van der Waals surface area contributed by atoms with Gasteiger partial charge < -0.3 is 9.73 Å². The van der Waals surface area contributed by atoms with Gasteiger partial charge in [-0.25, -0.2) is 13.5 Å². The largest absolute Gasteiger partial charge is 0.465 e. The number of halogens is 5. The minimum atomic E-state index is -4.88. The van der Waals surface area contributed by atoms with Crippen LogP contribution in [-0.2, 0) is 16.9 Å². The molecule has 10 heteroatoms. The van der Waals surface area contributed by atoms with Gasteiger partial charge in [0.1, 0.15) is 5.76 Å². The molecule has 152 valence electrons. The zero-order chi connectivity index (χ0) is 21.2. The first-order chi connectivity index (χ1) is 13.5. The number of hydrogen-bond donors (Lipinski definition) is 1. The highest BCUT2D eigenvalue weighted by molar-refractivity contribution is 6.01. The van der Waals surface area contributed by atoms with E-state index >= 15 is 0 Å². The first kappa shape index (κ1) is 20.3. The molecule has 3 aromatic rings. The number of benzene rings is 1. The Hall–Kier alpha value is -3.43. The SMILES string of the molecule is CC(F)(F)c1ccc(-n2cc(NC(=O)/C=C/c3ccco3)cn2)c(C(F)(F)F)c1. The second-order valence-electron chi connectivity index (χ2n) is 6.13. The number of carbonyl (C=O) groups excluding carboxylic acids is 1. The zero-order valence-corrected chi connectivity index (χ0v) is 14.9. The van der Waals surface area contributed by atoms with Gasteiger partial charge in [0.15, 0.2) is 0 Å². The quantitative estimate of drug-likeness (QED) is 0.461. The van der Waals surface area contributed by atoms with Gasteiger partial charge in [-0.3, -0.25) is 4.79 Å². The van der Waals surface area contributed by atoms with Crippen LogP contribution in [0.3, 0.4) is 0 Å². The van der Waals surface area contributed by atoms with Gasteiger partial charge in [-0.2, -0.15) is 18.3 Å². The van der Waals surface area contributed by atoms with Crippen LogP contribution in [0.25, 0.3) is 11.8 Å². The van der Waals surface area contributed by atoms with Gasteiger partial charge in [-0.15, -0.1) is 0 Å². The fourth-order valence-electron chi connectivity index (χ4n) is 2.48. The molecule has 0 atom stereocenters. The van der Waals surface area contributed by atoms with Crippen LogP contribution in [0.4, 0.5) is 27.6 Å². The van der Waals surface area contributed by atoms with Crippen molar-refractivity contribution < 1.29 is 31.2 Å². The summed E-state index contributed by atoms with van der Waals surface area (Å²) in [5.74, 6) is -3.54. The standard InChI is InChI=1S/C19H14F5N3O2/c1-18(20,21)12-4-6-16(15(9-12)19(22,23)24)27-11-13(10-25-27)26-17(28)7-5-14-3-2-8-29-14/h2-11H,1H3,(H,26,28)/b7-5+. The molecular formula is C19H14F5N3O2. The van der Waals surface area contributed by atoms with Crippen molar-refractivity contribution in [2.75, 3.05) is 5.32 Å². The summed E-state index contributed by atoms with van der Waals surface area (Å²) in [6.45, 7) is 0.514. The molecule has 0 bridgehead atoms. The maximum atomic E-state index is 13.4. The average molecular weight is 411 g/mol. The molecule has 2 heterocycles.